The highest BCUT2D eigenvalue weighted by molar-refractivity contribution is 5.80. The third kappa shape index (κ3) is 4.66. The molecule has 1 atom stereocenters. The first-order valence-electron chi connectivity index (χ1n) is 9.63. The summed E-state index contributed by atoms with van der Waals surface area (Å²) in [6.45, 7) is 10.3. The van der Waals surface area contributed by atoms with Crippen molar-refractivity contribution < 1.29 is 4.74 Å². The first-order chi connectivity index (χ1) is 13.1. The van der Waals surface area contributed by atoms with E-state index in [1.165, 1.54) is 16.7 Å². The number of benzene rings is 1. The van der Waals surface area contributed by atoms with Crippen LogP contribution in [-0.4, -0.2) is 58.9 Å². The highest BCUT2D eigenvalue weighted by atomic mass is 16.5. The molecule has 2 heterocycles. The van der Waals surface area contributed by atoms with E-state index in [4.69, 9.17) is 4.74 Å². The zero-order chi connectivity index (χ0) is 19.2. The predicted octanol–water partition coefficient (Wildman–Crippen LogP) is 2.11. The number of aromatic nitrogens is 3. The Morgan fingerprint density at radius 1 is 1.37 bits per heavy atom. The SMILES string of the molecule is CCc1nncn1CCNC(=NC)N1CCOC(c2ccc(C)cc2C)C1. The summed E-state index contributed by atoms with van der Waals surface area (Å²) in [5.41, 5.74) is 3.82. The van der Waals surface area contributed by atoms with Gasteiger partial charge in [0.2, 0.25) is 0 Å². The van der Waals surface area contributed by atoms with Gasteiger partial charge in [-0.05, 0) is 25.0 Å². The normalized spacial score (nSPS) is 18.0. The highest BCUT2D eigenvalue weighted by Gasteiger charge is 2.25. The molecular formula is C20H30N6O. The van der Waals surface area contributed by atoms with Crippen molar-refractivity contribution in [1.82, 2.24) is 25.0 Å². The molecule has 1 aliphatic rings. The van der Waals surface area contributed by atoms with Crippen LogP contribution in [0.4, 0.5) is 0 Å². The van der Waals surface area contributed by atoms with Crippen LogP contribution < -0.4 is 5.32 Å². The Morgan fingerprint density at radius 3 is 2.96 bits per heavy atom. The van der Waals surface area contributed by atoms with Gasteiger partial charge in [-0.2, -0.15) is 0 Å². The largest absolute Gasteiger partial charge is 0.370 e. The molecule has 2 aromatic rings. The maximum atomic E-state index is 6.06. The summed E-state index contributed by atoms with van der Waals surface area (Å²) in [4.78, 5) is 6.75. The van der Waals surface area contributed by atoms with Crippen molar-refractivity contribution >= 4 is 5.96 Å². The van der Waals surface area contributed by atoms with Crippen molar-refractivity contribution in [3.8, 4) is 0 Å². The Morgan fingerprint density at radius 2 is 2.22 bits per heavy atom. The maximum Gasteiger partial charge on any atom is 0.193 e. The zero-order valence-electron chi connectivity index (χ0n) is 16.8. The van der Waals surface area contributed by atoms with Crippen molar-refractivity contribution in [2.45, 2.75) is 39.8 Å². The number of aryl methyl sites for hydroxylation is 3. The van der Waals surface area contributed by atoms with E-state index in [1.807, 2.05) is 7.05 Å². The lowest BCUT2D eigenvalue weighted by atomic mass is 10.00. The summed E-state index contributed by atoms with van der Waals surface area (Å²) in [6, 6.07) is 6.56. The van der Waals surface area contributed by atoms with Crippen molar-refractivity contribution in [1.29, 1.82) is 0 Å². The first-order valence-corrected chi connectivity index (χ1v) is 9.63. The van der Waals surface area contributed by atoms with Crippen molar-refractivity contribution in [3.05, 3.63) is 47.0 Å². The Kier molecular flexibility index (Phi) is 6.45. The van der Waals surface area contributed by atoms with Crippen LogP contribution >= 0.6 is 0 Å². The van der Waals surface area contributed by atoms with Gasteiger partial charge in [-0.15, -0.1) is 10.2 Å². The lowest BCUT2D eigenvalue weighted by Crippen LogP contribution is -2.48. The highest BCUT2D eigenvalue weighted by Crippen LogP contribution is 2.25. The molecule has 3 rings (SSSR count). The number of hydrogen-bond donors (Lipinski definition) is 1. The van der Waals surface area contributed by atoms with Gasteiger partial charge in [0, 0.05) is 33.1 Å². The molecular weight excluding hydrogens is 340 g/mol. The second-order valence-corrected chi connectivity index (χ2v) is 6.93. The molecule has 0 radical (unpaired) electrons. The standard InChI is InChI=1S/C20H30N6O/c1-5-19-24-23-14-26(19)9-8-22-20(21-4)25-10-11-27-18(13-25)17-7-6-15(2)12-16(17)3/h6-7,12,14,18H,5,8-11,13H2,1-4H3,(H,21,22). The average molecular weight is 371 g/mol. The lowest BCUT2D eigenvalue weighted by molar-refractivity contribution is -0.00832. The fourth-order valence-corrected chi connectivity index (χ4v) is 3.58. The Hall–Kier alpha value is -2.41. The van der Waals surface area contributed by atoms with Gasteiger partial charge in [0.1, 0.15) is 18.3 Å². The van der Waals surface area contributed by atoms with Gasteiger partial charge in [0.15, 0.2) is 5.96 Å². The molecule has 0 amide bonds. The number of morpholine rings is 1. The maximum absolute atomic E-state index is 6.06. The molecule has 0 spiro atoms. The van der Waals surface area contributed by atoms with Crippen LogP contribution in [0, 0.1) is 13.8 Å². The number of nitrogens with zero attached hydrogens (tertiary/aromatic N) is 5. The minimum Gasteiger partial charge on any atom is -0.370 e. The van der Waals surface area contributed by atoms with Crippen LogP contribution in [0.25, 0.3) is 0 Å². The first kappa shape index (κ1) is 19.4. The van der Waals surface area contributed by atoms with Crippen LogP contribution in [0.1, 0.15) is 35.5 Å². The van der Waals surface area contributed by atoms with Crippen LogP contribution in [0.3, 0.4) is 0 Å². The van der Waals surface area contributed by atoms with E-state index in [0.717, 1.165) is 44.4 Å². The van der Waals surface area contributed by atoms with E-state index < -0.39 is 0 Å². The minimum absolute atomic E-state index is 0.0717. The summed E-state index contributed by atoms with van der Waals surface area (Å²) < 4.78 is 8.14. The van der Waals surface area contributed by atoms with E-state index in [2.05, 4.69) is 68.9 Å². The number of rotatable bonds is 5. The van der Waals surface area contributed by atoms with Crippen molar-refractivity contribution in [3.63, 3.8) is 0 Å². The van der Waals surface area contributed by atoms with Gasteiger partial charge in [-0.25, -0.2) is 0 Å². The molecule has 1 fully saturated rings. The Bertz CT molecular complexity index is 785. The molecule has 1 saturated heterocycles. The van der Waals surface area contributed by atoms with Crippen LogP contribution in [-0.2, 0) is 17.7 Å². The summed E-state index contributed by atoms with van der Waals surface area (Å²) in [5, 5.41) is 11.6. The third-order valence-corrected chi connectivity index (χ3v) is 5.00. The monoisotopic (exact) mass is 370 g/mol. The number of ether oxygens (including phenoxy) is 1. The van der Waals surface area contributed by atoms with Crippen molar-refractivity contribution in [2.75, 3.05) is 33.3 Å². The molecule has 7 nitrogen and oxygen atoms in total. The van der Waals surface area contributed by atoms with Gasteiger partial charge in [-0.3, -0.25) is 4.99 Å². The molecule has 7 heteroatoms. The van der Waals surface area contributed by atoms with Crippen LogP contribution in [0.15, 0.2) is 29.5 Å². The third-order valence-electron chi connectivity index (χ3n) is 5.00. The number of aliphatic imine (C=N–C) groups is 1. The van der Waals surface area contributed by atoms with Gasteiger partial charge in [-0.1, -0.05) is 30.7 Å². The van der Waals surface area contributed by atoms with Gasteiger partial charge >= 0.3 is 0 Å². The second kappa shape index (κ2) is 8.99. The fraction of sp³-hybridized carbons (Fsp3) is 0.550. The van der Waals surface area contributed by atoms with Gasteiger partial charge < -0.3 is 19.5 Å². The molecule has 0 bridgehead atoms. The smallest absolute Gasteiger partial charge is 0.193 e. The van der Waals surface area contributed by atoms with E-state index in [-0.39, 0.29) is 6.10 Å². The molecule has 1 unspecified atom stereocenters. The molecule has 1 N–H and O–H groups in total. The van der Waals surface area contributed by atoms with E-state index in [9.17, 15) is 0 Å². The van der Waals surface area contributed by atoms with E-state index in [0.29, 0.717) is 6.61 Å². The van der Waals surface area contributed by atoms with Gasteiger partial charge in [0.25, 0.3) is 0 Å². The summed E-state index contributed by atoms with van der Waals surface area (Å²) in [5.74, 6) is 1.92. The number of guanidine groups is 1. The predicted molar refractivity (Wildman–Crippen MR) is 107 cm³/mol. The van der Waals surface area contributed by atoms with Crippen LogP contribution in [0.2, 0.25) is 0 Å². The molecule has 146 valence electrons. The topological polar surface area (TPSA) is 67.6 Å². The van der Waals surface area contributed by atoms with E-state index >= 15 is 0 Å². The Labute approximate surface area is 161 Å². The van der Waals surface area contributed by atoms with E-state index in [1.54, 1.807) is 6.33 Å². The number of nitrogens with one attached hydrogen (secondary N) is 1. The van der Waals surface area contributed by atoms with Gasteiger partial charge in [0.05, 0.1) is 13.2 Å². The molecule has 1 aliphatic heterocycles. The minimum atomic E-state index is 0.0717. The molecule has 27 heavy (non-hydrogen) atoms. The quantitative estimate of drug-likeness (QED) is 0.645. The molecule has 0 saturated carbocycles. The molecule has 1 aromatic carbocycles. The second-order valence-electron chi connectivity index (χ2n) is 6.93. The summed E-state index contributed by atoms with van der Waals surface area (Å²) >= 11 is 0. The summed E-state index contributed by atoms with van der Waals surface area (Å²) in [6.07, 6.45) is 2.74. The van der Waals surface area contributed by atoms with Crippen LogP contribution in [0.5, 0.6) is 0 Å². The average Bonchev–Trinajstić information content (AvgIpc) is 3.13. The zero-order valence-corrected chi connectivity index (χ0v) is 16.8. The summed E-state index contributed by atoms with van der Waals surface area (Å²) in [7, 11) is 1.83. The van der Waals surface area contributed by atoms with Crippen molar-refractivity contribution in [2.24, 2.45) is 4.99 Å². The fourth-order valence-electron chi connectivity index (χ4n) is 3.58. The molecule has 1 aromatic heterocycles. The Balaban J connectivity index is 1.60. The number of hydrogen-bond acceptors (Lipinski definition) is 4. The molecule has 0 aliphatic carbocycles. The lowest BCUT2D eigenvalue weighted by Gasteiger charge is -2.36.